The predicted molar refractivity (Wildman–Crippen MR) is 62.1 cm³/mol. The van der Waals surface area contributed by atoms with Crippen molar-refractivity contribution in [3.63, 3.8) is 0 Å². The van der Waals surface area contributed by atoms with Crippen LogP contribution in [0.1, 0.15) is 26.7 Å². The Hall–Kier alpha value is -1.26. The molecule has 16 heavy (non-hydrogen) atoms. The largest absolute Gasteiger partial charge is 0.359 e. The smallest absolute Gasteiger partial charge is 0.317 e. The fraction of sp³-hybridized carbons (Fsp3) is 0.818. The van der Waals surface area contributed by atoms with Crippen molar-refractivity contribution in [2.75, 3.05) is 26.7 Å². The zero-order chi connectivity index (χ0) is 12.2. The Labute approximate surface area is 96.6 Å². The van der Waals surface area contributed by atoms with Gasteiger partial charge in [0.2, 0.25) is 5.91 Å². The van der Waals surface area contributed by atoms with Crippen molar-refractivity contribution in [3.8, 4) is 0 Å². The fourth-order valence-electron chi connectivity index (χ4n) is 1.97. The number of amides is 3. The van der Waals surface area contributed by atoms with E-state index in [1.54, 1.807) is 11.9 Å². The maximum Gasteiger partial charge on any atom is 0.317 e. The summed E-state index contributed by atoms with van der Waals surface area (Å²) in [5.74, 6) is 0.0123. The van der Waals surface area contributed by atoms with Crippen molar-refractivity contribution < 1.29 is 9.59 Å². The fourth-order valence-corrected chi connectivity index (χ4v) is 1.97. The number of hydrogen-bond acceptors (Lipinski definition) is 2. The molecule has 0 aliphatic carbocycles. The van der Waals surface area contributed by atoms with Crippen LogP contribution in [0.15, 0.2) is 0 Å². The van der Waals surface area contributed by atoms with Crippen LogP contribution in [-0.2, 0) is 4.79 Å². The normalized spacial score (nSPS) is 24.3. The van der Waals surface area contributed by atoms with Gasteiger partial charge < -0.3 is 15.5 Å². The summed E-state index contributed by atoms with van der Waals surface area (Å²) >= 11 is 0. The first-order valence-corrected chi connectivity index (χ1v) is 5.78. The van der Waals surface area contributed by atoms with Gasteiger partial charge in [-0.2, -0.15) is 0 Å². The number of carbonyl (C=O) groups excluding carboxylic acids is 2. The van der Waals surface area contributed by atoms with Crippen LogP contribution in [-0.4, -0.2) is 43.5 Å². The second-order valence-corrected chi connectivity index (χ2v) is 4.54. The molecule has 1 rings (SSSR count). The van der Waals surface area contributed by atoms with Crippen LogP contribution < -0.4 is 10.6 Å². The molecule has 0 aromatic carbocycles. The summed E-state index contributed by atoms with van der Waals surface area (Å²) in [6, 6.07) is -0.0607. The van der Waals surface area contributed by atoms with Crippen LogP contribution in [0, 0.1) is 5.41 Å². The molecular weight excluding hydrogens is 206 g/mol. The van der Waals surface area contributed by atoms with Crippen LogP contribution in [0.3, 0.4) is 0 Å². The molecule has 92 valence electrons. The highest BCUT2D eigenvalue weighted by atomic mass is 16.2. The number of carbonyl (C=O) groups is 2. The lowest BCUT2D eigenvalue weighted by Crippen LogP contribution is -2.43. The first-order valence-electron chi connectivity index (χ1n) is 5.78. The number of nitrogens with one attached hydrogen (secondary N) is 2. The minimum Gasteiger partial charge on any atom is -0.359 e. The van der Waals surface area contributed by atoms with E-state index >= 15 is 0 Å². The minimum absolute atomic E-state index is 0.0123. The first kappa shape index (κ1) is 12.8. The lowest BCUT2D eigenvalue weighted by molar-refractivity contribution is -0.128. The van der Waals surface area contributed by atoms with E-state index in [1.165, 1.54) is 0 Å². The van der Waals surface area contributed by atoms with E-state index in [-0.39, 0.29) is 11.9 Å². The third-order valence-electron chi connectivity index (χ3n) is 3.06. The highest BCUT2D eigenvalue weighted by molar-refractivity contribution is 5.84. The summed E-state index contributed by atoms with van der Waals surface area (Å²) in [4.78, 5) is 25.0. The summed E-state index contributed by atoms with van der Waals surface area (Å²) in [6.45, 7) is 5.76. The van der Waals surface area contributed by atoms with Gasteiger partial charge in [0.1, 0.15) is 0 Å². The van der Waals surface area contributed by atoms with Crippen molar-refractivity contribution in [1.29, 1.82) is 0 Å². The molecule has 1 atom stereocenters. The predicted octanol–water partition coefficient (Wildman–Crippen LogP) is 0.564. The molecule has 5 heteroatoms. The van der Waals surface area contributed by atoms with Gasteiger partial charge in [-0.1, -0.05) is 6.92 Å². The van der Waals surface area contributed by atoms with Gasteiger partial charge in [-0.15, -0.1) is 0 Å². The molecule has 0 bridgehead atoms. The second-order valence-electron chi connectivity index (χ2n) is 4.54. The number of nitrogens with zero attached hydrogens (tertiary/aromatic N) is 1. The molecule has 0 radical (unpaired) electrons. The molecular formula is C11H21N3O2. The summed E-state index contributed by atoms with van der Waals surface area (Å²) in [5, 5.41) is 5.48. The zero-order valence-electron chi connectivity index (χ0n) is 10.3. The van der Waals surface area contributed by atoms with Gasteiger partial charge in [-0.25, -0.2) is 4.79 Å². The zero-order valence-corrected chi connectivity index (χ0v) is 10.3. The summed E-state index contributed by atoms with van der Waals surface area (Å²) < 4.78 is 0. The van der Waals surface area contributed by atoms with Crippen LogP contribution in [0.5, 0.6) is 0 Å². The summed E-state index contributed by atoms with van der Waals surface area (Å²) in [5.41, 5.74) is -0.432. The van der Waals surface area contributed by atoms with Crippen molar-refractivity contribution in [3.05, 3.63) is 0 Å². The van der Waals surface area contributed by atoms with E-state index in [1.807, 2.05) is 13.8 Å². The van der Waals surface area contributed by atoms with Crippen LogP contribution in [0.25, 0.3) is 0 Å². The standard InChI is InChI=1S/C11H21N3O2/c1-4-6-13-10(16)14-7-5-11(2,8-14)9(15)12-3/h4-8H2,1-3H3,(H,12,15)(H,13,16). The Morgan fingerprint density at radius 1 is 1.44 bits per heavy atom. The highest BCUT2D eigenvalue weighted by Crippen LogP contribution is 2.29. The molecule has 5 nitrogen and oxygen atoms in total. The van der Waals surface area contributed by atoms with E-state index < -0.39 is 5.41 Å². The van der Waals surface area contributed by atoms with E-state index in [4.69, 9.17) is 0 Å². The third kappa shape index (κ3) is 2.65. The number of rotatable bonds is 3. The molecule has 1 unspecified atom stereocenters. The van der Waals surface area contributed by atoms with Gasteiger partial charge in [-0.05, 0) is 19.8 Å². The molecule has 1 aliphatic heterocycles. The average molecular weight is 227 g/mol. The Morgan fingerprint density at radius 2 is 2.12 bits per heavy atom. The number of urea groups is 1. The van der Waals surface area contributed by atoms with Crippen molar-refractivity contribution in [2.24, 2.45) is 5.41 Å². The lowest BCUT2D eigenvalue weighted by Gasteiger charge is -2.22. The molecule has 0 aromatic heterocycles. The molecule has 1 saturated heterocycles. The topological polar surface area (TPSA) is 61.4 Å². The van der Waals surface area contributed by atoms with Crippen LogP contribution in [0.2, 0.25) is 0 Å². The van der Waals surface area contributed by atoms with E-state index in [0.29, 0.717) is 19.6 Å². The molecule has 0 spiro atoms. The third-order valence-corrected chi connectivity index (χ3v) is 3.06. The van der Waals surface area contributed by atoms with E-state index in [0.717, 1.165) is 12.8 Å². The average Bonchev–Trinajstić information content (AvgIpc) is 2.69. The molecule has 1 heterocycles. The quantitative estimate of drug-likeness (QED) is 0.740. The minimum atomic E-state index is -0.432. The van der Waals surface area contributed by atoms with E-state index in [2.05, 4.69) is 10.6 Å². The molecule has 0 saturated carbocycles. The summed E-state index contributed by atoms with van der Waals surface area (Å²) in [7, 11) is 1.63. The second kappa shape index (κ2) is 5.18. The molecule has 0 aromatic rings. The monoisotopic (exact) mass is 227 g/mol. The SMILES string of the molecule is CCCNC(=O)N1CCC(C)(C(=O)NC)C1. The first-order chi connectivity index (χ1) is 7.53. The van der Waals surface area contributed by atoms with Gasteiger partial charge in [0.25, 0.3) is 0 Å². The molecule has 1 aliphatic rings. The van der Waals surface area contributed by atoms with Gasteiger partial charge in [0, 0.05) is 26.7 Å². The Balaban J connectivity index is 2.51. The molecule has 3 amide bonds. The lowest BCUT2D eigenvalue weighted by atomic mass is 9.89. The van der Waals surface area contributed by atoms with Crippen molar-refractivity contribution in [1.82, 2.24) is 15.5 Å². The molecule has 1 fully saturated rings. The Bertz CT molecular complexity index is 280. The van der Waals surface area contributed by atoms with Gasteiger partial charge in [-0.3, -0.25) is 4.79 Å². The maximum absolute atomic E-state index is 11.7. The van der Waals surface area contributed by atoms with Crippen molar-refractivity contribution >= 4 is 11.9 Å². The van der Waals surface area contributed by atoms with Gasteiger partial charge in [0.15, 0.2) is 0 Å². The van der Waals surface area contributed by atoms with E-state index in [9.17, 15) is 9.59 Å². The number of hydrogen-bond donors (Lipinski definition) is 2. The number of likely N-dealkylation sites (tertiary alicyclic amines) is 1. The highest BCUT2D eigenvalue weighted by Gasteiger charge is 2.41. The Kier molecular flexibility index (Phi) is 4.15. The summed E-state index contributed by atoms with van der Waals surface area (Å²) in [6.07, 6.45) is 1.65. The Morgan fingerprint density at radius 3 is 2.69 bits per heavy atom. The van der Waals surface area contributed by atoms with Crippen LogP contribution in [0.4, 0.5) is 4.79 Å². The molecule has 2 N–H and O–H groups in total. The van der Waals surface area contributed by atoms with Gasteiger partial charge >= 0.3 is 6.03 Å². The van der Waals surface area contributed by atoms with Crippen LogP contribution >= 0.6 is 0 Å². The van der Waals surface area contributed by atoms with Crippen molar-refractivity contribution in [2.45, 2.75) is 26.7 Å². The van der Waals surface area contributed by atoms with Gasteiger partial charge in [0.05, 0.1) is 5.41 Å². The maximum atomic E-state index is 11.7.